The Balaban J connectivity index is 1.68. The third kappa shape index (κ3) is 4.06. The molecule has 5 heteroatoms. The van der Waals surface area contributed by atoms with Gasteiger partial charge in [0.1, 0.15) is 0 Å². The highest BCUT2D eigenvalue weighted by atomic mass is 16.5. The van der Waals surface area contributed by atoms with E-state index < -0.39 is 0 Å². The predicted molar refractivity (Wildman–Crippen MR) is 94.3 cm³/mol. The largest absolute Gasteiger partial charge is 0.378 e. The second-order valence-electron chi connectivity index (χ2n) is 5.99. The summed E-state index contributed by atoms with van der Waals surface area (Å²) in [5, 5.41) is 0. The van der Waals surface area contributed by atoms with Gasteiger partial charge in [0.2, 0.25) is 5.95 Å². The molecule has 1 fully saturated rings. The summed E-state index contributed by atoms with van der Waals surface area (Å²) in [5.41, 5.74) is 3.69. The van der Waals surface area contributed by atoms with E-state index in [2.05, 4.69) is 20.9 Å². The van der Waals surface area contributed by atoms with Crippen LogP contribution in [0.25, 0.3) is 6.08 Å². The van der Waals surface area contributed by atoms with Crippen LogP contribution in [0, 0.1) is 13.8 Å². The first kappa shape index (κ1) is 16.3. The van der Waals surface area contributed by atoms with E-state index in [1.165, 1.54) is 0 Å². The Kier molecular flexibility index (Phi) is 5.01. The maximum absolute atomic E-state index is 12.3. The molecule has 3 rings (SSSR count). The van der Waals surface area contributed by atoms with Gasteiger partial charge in [-0.1, -0.05) is 17.2 Å². The molecule has 0 saturated carbocycles. The zero-order chi connectivity index (χ0) is 16.9. The molecule has 0 unspecified atom stereocenters. The Morgan fingerprint density at radius 1 is 1.08 bits per heavy atom. The molecule has 0 atom stereocenters. The number of ether oxygens (including phenoxy) is 1. The molecule has 5 nitrogen and oxygen atoms in total. The molecule has 0 N–H and O–H groups in total. The van der Waals surface area contributed by atoms with Gasteiger partial charge in [0, 0.05) is 36.6 Å². The van der Waals surface area contributed by atoms with Gasteiger partial charge in [-0.25, -0.2) is 9.97 Å². The minimum atomic E-state index is -0.0148. The summed E-state index contributed by atoms with van der Waals surface area (Å²) in [6.07, 6.45) is 6.80. The molecule has 1 saturated heterocycles. The lowest BCUT2D eigenvalue weighted by molar-refractivity contribution is 0.104. The zero-order valence-corrected chi connectivity index (χ0v) is 14.0. The molecule has 0 amide bonds. The highest BCUT2D eigenvalue weighted by molar-refractivity contribution is 6.07. The van der Waals surface area contributed by atoms with Crippen molar-refractivity contribution in [1.82, 2.24) is 9.97 Å². The van der Waals surface area contributed by atoms with Crippen molar-refractivity contribution in [1.29, 1.82) is 0 Å². The molecule has 0 spiro atoms. The minimum Gasteiger partial charge on any atom is -0.378 e. The van der Waals surface area contributed by atoms with Crippen molar-refractivity contribution in [2.24, 2.45) is 0 Å². The summed E-state index contributed by atoms with van der Waals surface area (Å²) in [4.78, 5) is 23.1. The molecule has 0 bridgehead atoms. The third-order valence-corrected chi connectivity index (χ3v) is 3.89. The maximum Gasteiger partial charge on any atom is 0.225 e. The first-order valence-electron chi connectivity index (χ1n) is 8.07. The molecule has 0 aliphatic carbocycles. The zero-order valence-electron chi connectivity index (χ0n) is 14.0. The molecule has 24 heavy (non-hydrogen) atoms. The van der Waals surface area contributed by atoms with Crippen molar-refractivity contribution in [2.45, 2.75) is 13.8 Å². The molecule has 1 aromatic carbocycles. The SMILES string of the molecule is Cc1cc(C)cc(C(=O)C=Cc2cnc(N3CCOCC3)nc2)c1. The van der Waals surface area contributed by atoms with Crippen LogP contribution in [-0.4, -0.2) is 42.1 Å². The standard InChI is InChI=1S/C19H21N3O2/c1-14-9-15(2)11-17(10-14)18(23)4-3-16-12-20-19(21-13-16)22-5-7-24-8-6-22/h3-4,9-13H,5-8H2,1-2H3. The summed E-state index contributed by atoms with van der Waals surface area (Å²) in [6, 6.07) is 5.86. The van der Waals surface area contributed by atoms with Crippen molar-refractivity contribution in [3.63, 3.8) is 0 Å². The van der Waals surface area contributed by atoms with Crippen LogP contribution in [0.3, 0.4) is 0 Å². The second-order valence-corrected chi connectivity index (χ2v) is 5.99. The van der Waals surface area contributed by atoms with Crippen LogP contribution < -0.4 is 4.90 Å². The van der Waals surface area contributed by atoms with E-state index in [-0.39, 0.29) is 5.78 Å². The van der Waals surface area contributed by atoms with Gasteiger partial charge in [-0.15, -0.1) is 0 Å². The normalized spacial score (nSPS) is 15.0. The first-order valence-corrected chi connectivity index (χ1v) is 8.07. The molecule has 1 aromatic heterocycles. The summed E-state index contributed by atoms with van der Waals surface area (Å²) in [6.45, 7) is 7.00. The Morgan fingerprint density at radius 2 is 1.71 bits per heavy atom. The molecule has 1 aliphatic rings. The molecule has 2 aromatic rings. The number of morpholine rings is 1. The lowest BCUT2D eigenvalue weighted by Gasteiger charge is -2.26. The fourth-order valence-electron chi connectivity index (χ4n) is 2.73. The maximum atomic E-state index is 12.3. The number of nitrogens with zero attached hydrogens (tertiary/aromatic N) is 3. The summed E-state index contributed by atoms with van der Waals surface area (Å²) in [5.74, 6) is 0.690. The Labute approximate surface area is 142 Å². The number of anilines is 1. The van der Waals surface area contributed by atoms with Gasteiger partial charge in [0.25, 0.3) is 0 Å². The van der Waals surface area contributed by atoms with E-state index in [1.807, 2.05) is 26.0 Å². The van der Waals surface area contributed by atoms with Gasteiger partial charge in [0.15, 0.2) is 5.78 Å². The Morgan fingerprint density at radius 3 is 2.33 bits per heavy atom. The van der Waals surface area contributed by atoms with Gasteiger partial charge < -0.3 is 9.64 Å². The number of hydrogen-bond acceptors (Lipinski definition) is 5. The van der Waals surface area contributed by atoms with Crippen LogP contribution in [0.15, 0.2) is 36.7 Å². The number of allylic oxidation sites excluding steroid dienone is 1. The van der Waals surface area contributed by atoms with Gasteiger partial charge in [-0.2, -0.15) is 0 Å². The number of rotatable bonds is 4. The van der Waals surface area contributed by atoms with Crippen molar-refractivity contribution in [2.75, 3.05) is 31.2 Å². The minimum absolute atomic E-state index is 0.0148. The van der Waals surface area contributed by atoms with Crippen molar-refractivity contribution >= 4 is 17.8 Å². The average molecular weight is 323 g/mol. The molecular weight excluding hydrogens is 302 g/mol. The van der Waals surface area contributed by atoms with E-state index in [9.17, 15) is 4.79 Å². The van der Waals surface area contributed by atoms with Crippen LogP contribution in [0.2, 0.25) is 0 Å². The van der Waals surface area contributed by atoms with Gasteiger partial charge in [0.05, 0.1) is 13.2 Å². The number of benzene rings is 1. The summed E-state index contributed by atoms with van der Waals surface area (Å²) < 4.78 is 5.32. The van der Waals surface area contributed by atoms with Gasteiger partial charge >= 0.3 is 0 Å². The number of carbonyl (C=O) groups is 1. The van der Waals surface area contributed by atoms with E-state index in [0.717, 1.165) is 29.8 Å². The monoisotopic (exact) mass is 323 g/mol. The highest BCUT2D eigenvalue weighted by Crippen LogP contribution is 2.12. The summed E-state index contributed by atoms with van der Waals surface area (Å²) in [7, 11) is 0. The molecule has 2 heterocycles. The first-order chi connectivity index (χ1) is 11.6. The quantitative estimate of drug-likeness (QED) is 0.640. The number of hydrogen-bond donors (Lipinski definition) is 0. The van der Waals surface area contributed by atoms with Crippen molar-refractivity contribution in [3.8, 4) is 0 Å². The molecular formula is C19H21N3O2. The number of carbonyl (C=O) groups excluding carboxylic acids is 1. The van der Waals surface area contributed by atoms with E-state index >= 15 is 0 Å². The highest BCUT2D eigenvalue weighted by Gasteiger charge is 2.13. The van der Waals surface area contributed by atoms with Crippen molar-refractivity contribution in [3.05, 3.63) is 58.9 Å². The van der Waals surface area contributed by atoms with Crippen LogP contribution in [0.5, 0.6) is 0 Å². The Bertz CT molecular complexity index is 727. The lowest BCUT2D eigenvalue weighted by atomic mass is 10.0. The van der Waals surface area contributed by atoms with Gasteiger partial charge in [-0.05, 0) is 38.1 Å². The van der Waals surface area contributed by atoms with Crippen molar-refractivity contribution < 1.29 is 9.53 Å². The van der Waals surface area contributed by atoms with Crippen LogP contribution in [0.1, 0.15) is 27.0 Å². The van der Waals surface area contributed by atoms with Crippen LogP contribution in [-0.2, 0) is 4.74 Å². The molecule has 124 valence electrons. The fourth-order valence-corrected chi connectivity index (χ4v) is 2.73. The van der Waals surface area contributed by atoms with E-state index in [1.54, 1.807) is 24.5 Å². The number of aryl methyl sites for hydroxylation is 2. The van der Waals surface area contributed by atoms with Crippen LogP contribution in [0.4, 0.5) is 5.95 Å². The van der Waals surface area contributed by atoms with Gasteiger partial charge in [-0.3, -0.25) is 4.79 Å². The predicted octanol–water partition coefficient (Wildman–Crippen LogP) is 2.83. The average Bonchev–Trinajstić information content (AvgIpc) is 2.60. The topological polar surface area (TPSA) is 55.3 Å². The smallest absolute Gasteiger partial charge is 0.225 e. The number of ketones is 1. The number of aromatic nitrogens is 2. The van der Waals surface area contributed by atoms with E-state index in [4.69, 9.17) is 4.74 Å². The Hall–Kier alpha value is -2.53. The lowest BCUT2D eigenvalue weighted by Crippen LogP contribution is -2.37. The summed E-state index contributed by atoms with van der Waals surface area (Å²) >= 11 is 0. The van der Waals surface area contributed by atoms with Crippen LogP contribution >= 0.6 is 0 Å². The molecule has 1 aliphatic heterocycles. The molecule has 0 radical (unpaired) electrons. The fraction of sp³-hybridized carbons (Fsp3) is 0.316. The third-order valence-electron chi connectivity index (χ3n) is 3.89. The van der Waals surface area contributed by atoms with E-state index in [0.29, 0.717) is 24.7 Å². The second kappa shape index (κ2) is 7.36.